The first-order valence-electron chi connectivity index (χ1n) is 22.7. The standard InChI is InChI=1S/C55H34N4S/c1-2-15-37(16-3-1)53-56-54(38-30-28-36(29-31-38)41-22-12-17-35-14-4-5-18-40(35)41)58-55(57-53)39-32-33-50(59-48-25-9-6-19-42(48)43-20-7-10-26-49(43)59)47(34-39)46-24-13-23-45-44-21-8-11-27-51(44)60-52(45)46/h1-34H/i6D,7D,19D,20D,25D,26D. The number of para-hydroxylation sites is 2. The van der Waals surface area contributed by atoms with E-state index < -0.39 is 0 Å². The summed E-state index contributed by atoms with van der Waals surface area (Å²) in [4.78, 5) is 15.3. The molecular weight excluding hydrogens is 749 g/mol. The highest BCUT2D eigenvalue weighted by atomic mass is 32.1. The Labute approximate surface area is 358 Å². The van der Waals surface area contributed by atoms with Crippen molar-refractivity contribution in [2.45, 2.75) is 0 Å². The van der Waals surface area contributed by atoms with Gasteiger partial charge in [0, 0.05) is 58.8 Å². The van der Waals surface area contributed by atoms with E-state index >= 15 is 0 Å². The molecule has 0 N–H and O–H groups in total. The molecule has 0 aliphatic rings. The molecule has 0 spiro atoms. The predicted molar refractivity (Wildman–Crippen MR) is 252 cm³/mol. The third kappa shape index (κ3) is 5.63. The van der Waals surface area contributed by atoms with E-state index in [2.05, 4.69) is 78.9 Å². The highest BCUT2D eigenvalue weighted by Gasteiger charge is 2.21. The monoisotopic (exact) mass is 788 g/mol. The van der Waals surface area contributed by atoms with Crippen LogP contribution >= 0.6 is 11.3 Å². The topological polar surface area (TPSA) is 43.6 Å². The van der Waals surface area contributed by atoms with Gasteiger partial charge in [0.1, 0.15) is 0 Å². The number of fused-ring (bicyclic) bond motifs is 7. The molecule has 0 atom stereocenters. The molecule has 3 aromatic heterocycles. The highest BCUT2D eigenvalue weighted by Crippen LogP contribution is 2.44. The van der Waals surface area contributed by atoms with Gasteiger partial charge < -0.3 is 4.57 Å². The SMILES string of the molecule is [2H]c1cc([2H])c2c(c1[2H])c1c([2H])c([2H])cc([2H])c1n2-c1ccc(-c2nc(-c3ccccc3)nc(-c3ccc(-c4cccc5ccccc45)cc3)n2)cc1-c1cccc2c1sc1ccccc12. The van der Waals surface area contributed by atoms with Gasteiger partial charge in [-0.2, -0.15) is 0 Å². The van der Waals surface area contributed by atoms with Crippen LogP contribution in [0, 0.1) is 0 Å². The Bertz CT molecular complexity index is 3880. The molecule has 0 amide bonds. The summed E-state index contributed by atoms with van der Waals surface area (Å²) in [5, 5.41) is 4.95. The molecule has 4 nitrogen and oxygen atoms in total. The first-order chi connectivity index (χ1) is 32.2. The van der Waals surface area contributed by atoms with Crippen molar-refractivity contribution in [3.8, 4) is 62.1 Å². The molecule has 0 saturated carbocycles. The Morgan fingerprint density at radius 1 is 0.400 bits per heavy atom. The molecular formula is C55H34N4S. The average Bonchev–Trinajstić information content (AvgIpc) is 3.93. The summed E-state index contributed by atoms with van der Waals surface area (Å²) in [5.74, 6) is 1.45. The van der Waals surface area contributed by atoms with E-state index in [0.29, 0.717) is 28.7 Å². The Morgan fingerprint density at radius 2 is 0.967 bits per heavy atom. The lowest BCUT2D eigenvalue weighted by Crippen LogP contribution is -2.02. The first kappa shape index (κ1) is 28.6. The van der Waals surface area contributed by atoms with E-state index in [-0.39, 0.29) is 58.1 Å². The van der Waals surface area contributed by atoms with Crippen molar-refractivity contribution >= 4 is 64.1 Å². The molecule has 0 fully saturated rings. The summed E-state index contributed by atoms with van der Waals surface area (Å²) in [6, 6.07) is 55.2. The molecule has 12 aromatic rings. The van der Waals surface area contributed by atoms with E-state index in [1.165, 1.54) is 22.9 Å². The third-order valence-corrected chi connectivity index (χ3v) is 12.4. The van der Waals surface area contributed by atoms with Crippen LogP contribution in [0.2, 0.25) is 0 Å². The van der Waals surface area contributed by atoms with Gasteiger partial charge in [-0.15, -0.1) is 11.3 Å². The van der Waals surface area contributed by atoms with Gasteiger partial charge in [0.05, 0.1) is 24.9 Å². The molecule has 12 rings (SSSR count). The molecule has 5 heteroatoms. The number of nitrogens with zero attached hydrogens (tertiary/aromatic N) is 4. The predicted octanol–water partition coefficient (Wildman–Crippen LogP) is 14.8. The van der Waals surface area contributed by atoms with Crippen LogP contribution in [0.15, 0.2) is 206 Å². The number of thiophene rings is 1. The summed E-state index contributed by atoms with van der Waals surface area (Å²) < 4.78 is 57.8. The van der Waals surface area contributed by atoms with Crippen molar-refractivity contribution in [3.05, 3.63) is 206 Å². The van der Waals surface area contributed by atoms with Crippen molar-refractivity contribution < 1.29 is 8.22 Å². The number of hydrogen-bond acceptors (Lipinski definition) is 4. The van der Waals surface area contributed by atoms with Crippen molar-refractivity contribution in [1.82, 2.24) is 19.5 Å². The van der Waals surface area contributed by atoms with Crippen molar-refractivity contribution in [2.75, 3.05) is 0 Å². The minimum atomic E-state index is -0.165. The molecule has 0 aliphatic carbocycles. The fourth-order valence-corrected chi connectivity index (χ4v) is 9.66. The largest absolute Gasteiger partial charge is 0.309 e. The second-order valence-corrected chi connectivity index (χ2v) is 15.7. The van der Waals surface area contributed by atoms with Crippen molar-refractivity contribution in [3.63, 3.8) is 0 Å². The van der Waals surface area contributed by atoms with E-state index in [1.807, 2.05) is 78.9 Å². The number of rotatable bonds is 6. The maximum Gasteiger partial charge on any atom is 0.164 e. The Hall–Kier alpha value is -7.73. The summed E-state index contributed by atoms with van der Waals surface area (Å²) >= 11 is 1.68. The highest BCUT2D eigenvalue weighted by molar-refractivity contribution is 7.26. The fraction of sp³-hybridized carbons (Fsp3) is 0. The van der Waals surface area contributed by atoms with Gasteiger partial charge >= 0.3 is 0 Å². The minimum absolute atomic E-state index is 0.0243. The van der Waals surface area contributed by atoms with Gasteiger partial charge in [0.2, 0.25) is 0 Å². The molecule has 60 heavy (non-hydrogen) atoms. The van der Waals surface area contributed by atoms with Crippen LogP contribution in [-0.2, 0) is 0 Å². The van der Waals surface area contributed by atoms with Gasteiger partial charge in [-0.1, -0.05) is 170 Å². The van der Waals surface area contributed by atoms with Crippen LogP contribution in [-0.4, -0.2) is 19.5 Å². The summed E-state index contributed by atoms with van der Waals surface area (Å²) in [6.45, 7) is 0. The summed E-state index contributed by atoms with van der Waals surface area (Å²) in [7, 11) is 0. The second kappa shape index (κ2) is 14.0. The van der Waals surface area contributed by atoms with Crippen LogP contribution < -0.4 is 0 Å². The van der Waals surface area contributed by atoms with Gasteiger partial charge in [-0.25, -0.2) is 15.0 Å². The van der Waals surface area contributed by atoms with E-state index in [0.717, 1.165) is 53.6 Å². The van der Waals surface area contributed by atoms with Crippen molar-refractivity contribution in [2.24, 2.45) is 0 Å². The van der Waals surface area contributed by atoms with Crippen LogP contribution in [0.1, 0.15) is 8.22 Å². The van der Waals surface area contributed by atoms with Crippen molar-refractivity contribution in [1.29, 1.82) is 0 Å². The summed E-state index contributed by atoms with van der Waals surface area (Å²) in [6.07, 6.45) is 0. The quantitative estimate of drug-likeness (QED) is 0.169. The second-order valence-electron chi connectivity index (χ2n) is 14.7. The van der Waals surface area contributed by atoms with E-state index in [1.54, 1.807) is 15.9 Å². The maximum atomic E-state index is 9.26. The molecule has 0 unspecified atom stereocenters. The Morgan fingerprint density at radius 3 is 1.73 bits per heavy atom. The van der Waals surface area contributed by atoms with Gasteiger partial charge in [0.15, 0.2) is 17.5 Å². The number of hydrogen-bond donors (Lipinski definition) is 0. The Kier molecular flexibility index (Phi) is 6.67. The third-order valence-electron chi connectivity index (χ3n) is 11.2. The molecule has 280 valence electrons. The van der Waals surface area contributed by atoms with Crippen LogP contribution in [0.3, 0.4) is 0 Å². The molecule has 0 radical (unpaired) electrons. The lowest BCUT2D eigenvalue weighted by Gasteiger charge is -2.17. The molecule has 0 aliphatic heterocycles. The van der Waals surface area contributed by atoms with Crippen LogP contribution in [0.4, 0.5) is 0 Å². The summed E-state index contributed by atoms with van der Waals surface area (Å²) in [5.41, 5.74) is 7.38. The zero-order chi connectivity index (χ0) is 44.8. The maximum absolute atomic E-state index is 9.26. The van der Waals surface area contributed by atoms with Crippen LogP contribution in [0.5, 0.6) is 0 Å². The van der Waals surface area contributed by atoms with Gasteiger partial charge in [-0.3, -0.25) is 0 Å². The van der Waals surface area contributed by atoms with Crippen LogP contribution in [0.25, 0.3) is 115 Å². The Balaban J connectivity index is 1.12. The smallest absolute Gasteiger partial charge is 0.164 e. The number of aromatic nitrogens is 4. The van der Waals surface area contributed by atoms with Gasteiger partial charge in [0.25, 0.3) is 0 Å². The van der Waals surface area contributed by atoms with Gasteiger partial charge in [-0.05, 0) is 58.2 Å². The average molecular weight is 789 g/mol. The fourth-order valence-electron chi connectivity index (χ4n) is 8.43. The minimum Gasteiger partial charge on any atom is -0.309 e. The van der Waals surface area contributed by atoms with E-state index in [4.69, 9.17) is 20.4 Å². The zero-order valence-electron chi connectivity index (χ0n) is 37.9. The zero-order valence-corrected chi connectivity index (χ0v) is 32.7. The first-order valence-corrected chi connectivity index (χ1v) is 20.5. The molecule has 9 aromatic carbocycles. The number of benzene rings is 9. The molecule has 0 saturated heterocycles. The normalized spacial score (nSPS) is 13.1. The van der Waals surface area contributed by atoms with E-state index in [9.17, 15) is 2.74 Å². The molecule has 0 bridgehead atoms. The lowest BCUT2D eigenvalue weighted by molar-refractivity contribution is 1.07. The molecule has 3 heterocycles. The lowest BCUT2D eigenvalue weighted by atomic mass is 9.97.